The van der Waals surface area contributed by atoms with Crippen LogP contribution in [0, 0.1) is 0 Å². The minimum Gasteiger partial charge on any atom is -0.385 e. The van der Waals surface area contributed by atoms with Crippen molar-refractivity contribution in [1.82, 2.24) is 4.98 Å². The quantitative estimate of drug-likeness (QED) is 0.712. The van der Waals surface area contributed by atoms with E-state index in [1.165, 1.54) is 0 Å². The SMILES string of the molecule is CNc1[nH]c(N)c(C=O)c(=O)c1-c1ccccc1. The van der Waals surface area contributed by atoms with Crippen LogP contribution in [0.5, 0.6) is 0 Å². The number of hydrogen-bond acceptors (Lipinski definition) is 4. The molecule has 1 heterocycles. The standard InChI is InChI=1S/C13H13N3O2/c1-15-13-10(8-5-3-2-4-6-8)11(18)9(7-17)12(14)16-13/h2-7H,1H3,(H4,14,15,16,18). The van der Waals surface area contributed by atoms with Gasteiger partial charge in [-0.1, -0.05) is 30.3 Å². The van der Waals surface area contributed by atoms with Crippen molar-refractivity contribution in [2.75, 3.05) is 18.1 Å². The molecule has 0 saturated heterocycles. The van der Waals surface area contributed by atoms with E-state index in [9.17, 15) is 9.59 Å². The van der Waals surface area contributed by atoms with Gasteiger partial charge in [0.2, 0.25) is 5.43 Å². The minimum atomic E-state index is -0.378. The summed E-state index contributed by atoms with van der Waals surface area (Å²) in [5, 5.41) is 2.88. The number of aromatic amines is 1. The highest BCUT2D eigenvalue weighted by atomic mass is 16.1. The van der Waals surface area contributed by atoms with Gasteiger partial charge >= 0.3 is 0 Å². The van der Waals surface area contributed by atoms with E-state index in [-0.39, 0.29) is 16.8 Å². The number of nitrogens with two attached hydrogens (primary N) is 1. The second kappa shape index (κ2) is 4.75. The molecule has 5 heteroatoms. The number of rotatable bonds is 3. The van der Waals surface area contributed by atoms with E-state index in [1.807, 2.05) is 18.2 Å². The normalized spacial score (nSPS) is 10.1. The molecule has 2 aromatic rings. The fourth-order valence-electron chi connectivity index (χ4n) is 1.82. The fourth-order valence-corrected chi connectivity index (χ4v) is 1.82. The number of anilines is 2. The van der Waals surface area contributed by atoms with Crippen LogP contribution in [0.15, 0.2) is 35.1 Å². The first-order valence-electron chi connectivity index (χ1n) is 5.43. The first-order valence-corrected chi connectivity index (χ1v) is 5.43. The Morgan fingerprint density at radius 2 is 1.94 bits per heavy atom. The molecule has 1 aromatic carbocycles. The molecule has 0 aliphatic carbocycles. The lowest BCUT2D eigenvalue weighted by molar-refractivity contribution is 0.112. The van der Waals surface area contributed by atoms with E-state index in [0.29, 0.717) is 17.7 Å². The molecule has 18 heavy (non-hydrogen) atoms. The van der Waals surface area contributed by atoms with Crippen LogP contribution in [-0.4, -0.2) is 18.3 Å². The van der Waals surface area contributed by atoms with Crippen LogP contribution in [-0.2, 0) is 0 Å². The van der Waals surface area contributed by atoms with Crippen molar-refractivity contribution in [2.45, 2.75) is 0 Å². The molecule has 92 valence electrons. The zero-order chi connectivity index (χ0) is 13.1. The van der Waals surface area contributed by atoms with Crippen molar-refractivity contribution >= 4 is 17.9 Å². The first-order chi connectivity index (χ1) is 8.69. The highest BCUT2D eigenvalue weighted by Crippen LogP contribution is 2.24. The van der Waals surface area contributed by atoms with Crippen LogP contribution in [0.1, 0.15) is 10.4 Å². The van der Waals surface area contributed by atoms with Gasteiger partial charge in [0.1, 0.15) is 17.2 Å². The molecule has 0 unspecified atom stereocenters. The van der Waals surface area contributed by atoms with Gasteiger partial charge in [-0.05, 0) is 5.56 Å². The van der Waals surface area contributed by atoms with Crippen molar-refractivity contribution in [3.05, 3.63) is 46.1 Å². The highest BCUT2D eigenvalue weighted by molar-refractivity contribution is 5.88. The number of aromatic nitrogens is 1. The van der Waals surface area contributed by atoms with Crippen molar-refractivity contribution in [3.8, 4) is 11.1 Å². The zero-order valence-corrected chi connectivity index (χ0v) is 9.86. The van der Waals surface area contributed by atoms with E-state index in [0.717, 1.165) is 5.56 Å². The number of benzene rings is 1. The number of nitrogen functional groups attached to an aromatic ring is 1. The molecule has 0 spiro atoms. The van der Waals surface area contributed by atoms with Gasteiger partial charge in [-0.3, -0.25) is 9.59 Å². The monoisotopic (exact) mass is 243 g/mol. The average molecular weight is 243 g/mol. The molecule has 2 rings (SSSR count). The summed E-state index contributed by atoms with van der Waals surface area (Å²) in [6.07, 6.45) is 0.472. The smallest absolute Gasteiger partial charge is 0.204 e. The third-order valence-electron chi connectivity index (χ3n) is 2.70. The number of hydrogen-bond donors (Lipinski definition) is 3. The van der Waals surface area contributed by atoms with Gasteiger partial charge in [0, 0.05) is 7.05 Å². The maximum Gasteiger partial charge on any atom is 0.204 e. The van der Waals surface area contributed by atoms with Crippen molar-refractivity contribution < 1.29 is 4.79 Å². The van der Waals surface area contributed by atoms with Crippen LogP contribution >= 0.6 is 0 Å². The fraction of sp³-hybridized carbons (Fsp3) is 0.0769. The van der Waals surface area contributed by atoms with Crippen LogP contribution < -0.4 is 16.5 Å². The number of carbonyl (C=O) groups excluding carboxylic acids is 1. The summed E-state index contributed by atoms with van der Waals surface area (Å²) in [4.78, 5) is 26.0. The maximum absolute atomic E-state index is 12.2. The lowest BCUT2D eigenvalue weighted by Crippen LogP contribution is -2.18. The van der Waals surface area contributed by atoms with Gasteiger partial charge in [0.05, 0.1) is 5.56 Å². The van der Waals surface area contributed by atoms with E-state index in [4.69, 9.17) is 5.73 Å². The van der Waals surface area contributed by atoms with Gasteiger partial charge < -0.3 is 16.0 Å². The molecule has 5 nitrogen and oxygen atoms in total. The van der Waals surface area contributed by atoms with E-state index >= 15 is 0 Å². The predicted molar refractivity (Wildman–Crippen MR) is 71.8 cm³/mol. The Labute approximate surface area is 104 Å². The lowest BCUT2D eigenvalue weighted by Gasteiger charge is -2.11. The van der Waals surface area contributed by atoms with Gasteiger partial charge in [0.25, 0.3) is 0 Å². The number of carbonyl (C=O) groups is 1. The van der Waals surface area contributed by atoms with Crippen molar-refractivity contribution in [3.63, 3.8) is 0 Å². The van der Waals surface area contributed by atoms with Crippen LogP contribution in [0.4, 0.5) is 11.6 Å². The summed E-state index contributed by atoms with van der Waals surface area (Å²) in [6, 6.07) is 9.11. The number of pyridine rings is 1. The maximum atomic E-state index is 12.2. The summed E-state index contributed by atoms with van der Waals surface area (Å²) in [5.41, 5.74) is 6.34. The molecule has 0 atom stereocenters. The summed E-state index contributed by atoms with van der Waals surface area (Å²) in [7, 11) is 1.68. The Morgan fingerprint density at radius 1 is 1.28 bits per heavy atom. The molecule has 0 aliphatic heterocycles. The molecule has 0 saturated carbocycles. The van der Waals surface area contributed by atoms with Gasteiger partial charge in [0.15, 0.2) is 6.29 Å². The van der Waals surface area contributed by atoms with Crippen LogP contribution in [0.2, 0.25) is 0 Å². The van der Waals surface area contributed by atoms with E-state index in [2.05, 4.69) is 10.3 Å². The number of nitrogens with one attached hydrogen (secondary N) is 2. The van der Waals surface area contributed by atoms with E-state index in [1.54, 1.807) is 19.2 Å². The largest absolute Gasteiger partial charge is 0.385 e. The Morgan fingerprint density at radius 3 is 2.50 bits per heavy atom. The third kappa shape index (κ3) is 1.86. The molecule has 0 amide bonds. The van der Waals surface area contributed by atoms with Crippen LogP contribution in [0.3, 0.4) is 0 Å². The highest BCUT2D eigenvalue weighted by Gasteiger charge is 2.15. The summed E-state index contributed by atoms with van der Waals surface area (Å²) in [6.45, 7) is 0. The van der Waals surface area contributed by atoms with Crippen molar-refractivity contribution in [2.24, 2.45) is 0 Å². The summed E-state index contributed by atoms with van der Waals surface area (Å²) >= 11 is 0. The molecule has 0 radical (unpaired) electrons. The second-order valence-corrected chi connectivity index (χ2v) is 3.77. The Hall–Kier alpha value is -2.56. The summed E-state index contributed by atoms with van der Waals surface area (Å²) < 4.78 is 0. The third-order valence-corrected chi connectivity index (χ3v) is 2.70. The second-order valence-electron chi connectivity index (χ2n) is 3.77. The van der Waals surface area contributed by atoms with Crippen molar-refractivity contribution in [1.29, 1.82) is 0 Å². The van der Waals surface area contributed by atoms with Gasteiger partial charge in [-0.2, -0.15) is 0 Å². The molecule has 4 N–H and O–H groups in total. The number of H-pyrrole nitrogens is 1. The van der Waals surface area contributed by atoms with E-state index < -0.39 is 0 Å². The summed E-state index contributed by atoms with van der Waals surface area (Å²) in [5.74, 6) is 0.563. The molecule has 0 bridgehead atoms. The molecule has 0 aliphatic rings. The average Bonchev–Trinajstić information content (AvgIpc) is 2.39. The number of aldehydes is 1. The molecule has 0 fully saturated rings. The van der Waals surface area contributed by atoms with Gasteiger partial charge in [-0.15, -0.1) is 0 Å². The molecule has 1 aromatic heterocycles. The Kier molecular flexibility index (Phi) is 3.14. The molecular formula is C13H13N3O2. The zero-order valence-electron chi connectivity index (χ0n) is 9.86. The molecular weight excluding hydrogens is 230 g/mol. The topological polar surface area (TPSA) is 88.0 Å². The van der Waals surface area contributed by atoms with Crippen LogP contribution in [0.25, 0.3) is 11.1 Å². The Bertz CT molecular complexity index is 633. The lowest BCUT2D eigenvalue weighted by atomic mass is 10.0. The predicted octanol–water partition coefficient (Wildman–Crippen LogP) is 1.48. The Balaban J connectivity index is 2.81. The van der Waals surface area contributed by atoms with Gasteiger partial charge in [-0.25, -0.2) is 0 Å². The first kappa shape index (κ1) is 11.9. The minimum absolute atomic E-state index is 0.0483.